The van der Waals surface area contributed by atoms with E-state index in [0.717, 1.165) is 11.1 Å². The highest BCUT2D eigenvalue weighted by atomic mass is 35.5. The van der Waals surface area contributed by atoms with E-state index in [1.165, 1.54) is 4.90 Å². The van der Waals surface area contributed by atoms with Crippen LogP contribution in [0.3, 0.4) is 0 Å². The first-order valence-corrected chi connectivity index (χ1v) is 15.1. The van der Waals surface area contributed by atoms with E-state index >= 15 is 0 Å². The van der Waals surface area contributed by atoms with E-state index in [0.29, 0.717) is 36.4 Å². The van der Waals surface area contributed by atoms with Crippen LogP contribution < -0.4 is 4.90 Å². The summed E-state index contributed by atoms with van der Waals surface area (Å²) in [4.78, 5) is 46.1. The van der Waals surface area contributed by atoms with Gasteiger partial charge in [0.05, 0.1) is 41.5 Å². The number of hydrogen-bond acceptors (Lipinski definition) is 6. The number of aliphatic hydroxyl groups is 1. The van der Waals surface area contributed by atoms with Crippen LogP contribution in [-0.4, -0.2) is 70.8 Å². The number of fused-ring (bicyclic) bond motifs is 1. The van der Waals surface area contributed by atoms with Gasteiger partial charge in [-0.2, -0.15) is 0 Å². The highest BCUT2D eigenvalue weighted by molar-refractivity contribution is 6.34. The zero-order valence-corrected chi connectivity index (χ0v) is 25.5. The number of aryl methyl sites for hydroxylation is 1. The average Bonchev–Trinajstić information content (AvgIpc) is 3.56. The number of amides is 2. The molecule has 5 rings (SSSR count). The lowest BCUT2D eigenvalue weighted by Crippen LogP contribution is -2.59. The lowest BCUT2D eigenvalue weighted by molar-refractivity contribution is -0.160. The molecule has 2 amide bonds. The Bertz CT molecular complexity index is 1390. The van der Waals surface area contributed by atoms with Crippen LogP contribution in [0.25, 0.3) is 0 Å². The van der Waals surface area contributed by atoms with Crippen LogP contribution in [-0.2, 0) is 30.3 Å². The largest absolute Gasteiger partial charge is 0.465 e. The van der Waals surface area contributed by atoms with Gasteiger partial charge in [0.25, 0.3) is 5.91 Å². The minimum atomic E-state index is -1.29. The smallest absolute Gasteiger partial charge is 0.312 e. The molecule has 1 N–H and O–H groups in total. The van der Waals surface area contributed by atoms with Crippen molar-refractivity contribution in [3.8, 4) is 0 Å². The third-order valence-corrected chi connectivity index (χ3v) is 9.53. The number of halogens is 1. The summed E-state index contributed by atoms with van der Waals surface area (Å²) in [6, 6.07) is 13.0. The Morgan fingerprint density at radius 3 is 2.58 bits per heavy atom. The van der Waals surface area contributed by atoms with Crippen LogP contribution in [0.15, 0.2) is 73.8 Å². The highest BCUT2D eigenvalue weighted by Crippen LogP contribution is 2.64. The third kappa shape index (κ3) is 5.19. The van der Waals surface area contributed by atoms with Crippen molar-refractivity contribution in [1.29, 1.82) is 0 Å². The minimum absolute atomic E-state index is 0.134. The van der Waals surface area contributed by atoms with Crippen LogP contribution >= 0.6 is 11.6 Å². The molecule has 2 bridgehead atoms. The van der Waals surface area contributed by atoms with Gasteiger partial charge in [-0.15, -0.1) is 13.2 Å². The quantitative estimate of drug-likeness (QED) is 0.215. The molecule has 228 valence electrons. The number of nitrogens with zero attached hydrogens (tertiary/aromatic N) is 2. The molecular weight excluding hydrogens is 568 g/mol. The number of carbonyl (C=O) groups excluding carboxylic acids is 3. The Hall–Kier alpha value is -3.46. The van der Waals surface area contributed by atoms with Crippen molar-refractivity contribution in [2.24, 2.45) is 11.8 Å². The van der Waals surface area contributed by atoms with Crippen LogP contribution in [0.1, 0.15) is 37.3 Å². The third-order valence-electron chi connectivity index (χ3n) is 9.22. The molecular formula is C34H39ClN2O6. The van der Waals surface area contributed by atoms with E-state index in [1.54, 1.807) is 23.1 Å². The van der Waals surface area contributed by atoms with Crippen molar-refractivity contribution in [1.82, 2.24) is 4.90 Å². The summed E-state index contributed by atoms with van der Waals surface area (Å²) in [6.07, 6.45) is 4.93. The van der Waals surface area contributed by atoms with Gasteiger partial charge in [-0.1, -0.05) is 66.2 Å². The van der Waals surface area contributed by atoms with Crippen molar-refractivity contribution < 1.29 is 29.0 Å². The van der Waals surface area contributed by atoms with Gasteiger partial charge in [0.15, 0.2) is 0 Å². The normalized spacial score (nSPS) is 28.0. The van der Waals surface area contributed by atoms with Gasteiger partial charge in [0.2, 0.25) is 5.91 Å². The number of carbonyl (C=O) groups is 3. The maximum absolute atomic E-state index is 14.9. The number of anilines is 1. The van der Waals surface area contributed by atoms with E-state index in [1.807, 2.05) is 56.3 Å². The Labute approximate surface area is 257 Å². The molecule has 43 heavy (non-hydrogen) atoms. The van der Waals surface area contributed by atoms with Crippen LogP contribution in [0.2, 0.25) is 5.02 Å². The van der Waals surface area contributed by atoms with Gasteiger partial charge < -0.3 is 24.4 Å². The van der Waals surface area contributed by atoms with Crippen LogP contribution in [0, 0.1) is 18.8 Å². The Kier molecular flexibility index (Phi) is 8.84. The van der Waals surface area contributed by atoms with Gasteiger partial charge in [0, 0.05) is 6.54 Å². The first kappa shape index (κ1) is 31.0. The molecule has 3 aliphatic rings. The van der Waals surface area contributed by atoms with Gasteiger partial charge >= 0.3 is 5.97 Å². The highest BCUT2D eigenvalue weighted by Gasteiger charge is 2.79. The average molecular weight is 607 g/mol. The van der Waals surface area contributed by atoms with Crippen molar-refractivity contribution >= 4 is 35.1 Å². The first-order valence-electron chi connectivity index (χ1n) is 14.8. The fourth-order valence-electron chi connectivity index (χ4n) is 7.40. The minimum Gasteiger partial charge on any atom is -0.465 e. The van der Waals surface area contributed by atoms with E-state index in [2.05, 4.69) is 13.2 Å². The molecule has 8 nitrogen and oxygen atoms in total. The summed E-state index contributed by atoms with van der Waals surface area (Å²) in [7, 11) is 0. The number of rotatable bonds is 12. The van der Waals surface area contributed by atoms with Crippen molar-refractivity contribution in [2.75, 3.05) is 24.7 Å². The molecule has 6 atom stereocenters. The molecule has 3 saturated heterocycles. The zero-order chi connectivity index (χ0) is 30.9. The van der Waals surface area contributed by atoms with E-state index in [-0.39, 0.29) is 19.8 Å². The summed E-state index contributed by atoms with van der Waals surface area (Å²) in [5.41, 5.74) is -0.0676. The SMILES string of the molecule is C=CCCOC(=O)[C@H]1[C@H]2C(=O)N([C@@H](CO)Cc3ccccc3)C(C(=O)N(CC=C)c3c(C)cccc3Cl)C23CC[C@]1(C)O3. The molecule has 3 heterocycles. The molecule has 0 aliphatic carbocycles. The predicted octanol–water partition coefficient (Wildman–Crippen LogP) is 4.66. The Morgan fingerprint density at radius 2 is 1.93 bits per heavy atom. The van der Waals surface area contributed by atoms with Gasteiger partial charge in [-0.3, -0.25) is 14.4 Å². The number of likely N-dealkylation sites (tertiary alicyclic amines) is 1. The molecule has 3 aliphatic heterocycles. The number of para-hydroxylation sites is 1. The van der Waals surface area contributed by atoms with E-state index in [4.69, 9.17) is 21.1 Å². The van der Waals surface area contributed by atoms with Crippen molar-refractivity contribution in [2.45, 2.75) is 62.8 Å². The molecule has 2 aromatic rings. The van der Waals surface area contributed by atoms with Crippen LogP contribution in [0.5, 0.6) is 0 Å². The van der Waals surface area contributed by atoms with E-state index in [9.17, 15) is 19.5 Å². The summed E-state index contributed by atoms with van der Waals surface area (Å²) in [5.74, 6) is -3.16. The summed E-state index contributed by atoms with van der Waals surface area (Å²) < 4.78 is 12.3. The lowest BCUT2D eigenvalue weighted by Gasteiger charge is -2.40. The topological polar surface area (TPSA) is 96.4 Å². The molecule has 2 aromatic carbocycles. The molecule has 0 saturated carbocycles. The van der Waals surface area contributed by atoms with Crippen LogP contribution in [0.4, 0.5) is 5.69 Å². The number of hydrogen-bond donors (Lipinski definition) is 1. The Morgan fingerprint density at radius 1 is 1.19 bits per heavy atom. The van der Waals surface area contributed by atoms with Gasteiger partial charge in [-0.05, 0) is 56.7 Å². The van der Waals surface area contributed by atoms with Gasteiger partial charge in [-0.25, -0.2) is 0 Å². The number of benzene rings is 2. The monoisotopic (exact) mass is 606 g/mol. The number of ether oxygens (including phenoxy) is 2. The first-order chi connectivity index (χ1) is 20.6. The predicted molar refractivity (Wildman–Crippen MR) is 165 cm³/mol. The summed E-state index contributed by atoms with van der Waals surface area (Å²) in [5, 5.41) is 11.1. The molecule has 2 unspecified atom stereocenters. The molecule has 3 fully saturated rings. The molecule has 0 radical (unpaired) electrons. The molecule has 9 heteroatoms. The van der Waals surface area contributed by atoms with Crippen molar-refractivity contribution in [3.05, 3.63) is 90.0 Å². The Balaban J connectivity index is 1.63. The molecule has 1 spiro atoms. The second-order valence-electron chi connectivity index (χ2n) is 11.9. The number of aliphatic hydroxyl groups excluding tert-OH is 1. The maximum atomic E-state index is 14.9. The second-order valence-corrected chi connectivity index (χ2v) is 12.3. The summed E-state index contributed by atoms with van der Waals surface area (Å²) in [6.45, 7) is 11.1. The fourth-order valence-corrected chi connectivity index (χ4v) is 7.72. The molecule has 0 aromatic heterocycles. The lowest BCUT2D eigenvalue weighted by atomic mass is 9.66. The second kappa shape index (κ2) is 12.3. The van der Waals surface area contributed by atoms with Gasteiger partial charge in [0.1, 0.15) is 17.6 Å². The number of esters is 1. The standard InChI is InChI=1S/C34H39ClN2O6/c1-5-7-19-42-32(41)27-26-30(39)37(24(21-38)20-23-13-9-8-10-14-23)29(34(26)17-16-33(27,4)43-34)31(40)36(18-6-2)28-22(3)12-11-15-25(28)35/h5-6,8-15,24,26-27,29,38H,1-2,7,16-21H2,3-4H3/t24-,26+,27-,29?,33+,34?/m1/s1. The summed E-state index contributed by atoms with van der Waals surface area (Å²) >= 11 is 6.66. The maximum Gasteiger partial charge on any atom is 0.312 e. The zero-order valence-electron chi connectivity index (χ0n) is 24.7. The van der Waals surface area contributed by atoms with E-state index < -0.39 is 52.9 Å². The fraction of sp³-hybridized carbons (Fsp3) is 0.441. The van der Waals surface area contributed by atoms with Crippen molar-refractivity contribution in [3.63, 3.8) is 0 Å².